The van der Waals surface area contributed by atoms with Crippen molar-refractivity contribution < 1.29 is 46.9 Å². The maximum atomic E-state index is 13.6. The van der Waals surface area contributed by atoms with E-state index in [2.05, 4.69) is 10.2 Å². The summed E-state index contributed by atoms with van der Waals surface area (Å²) in [6.45, 7) is 0.657. The molecule has 0 amide bonds. The first-order chi connectivity index (χ1) is 17.7. The van der Waals surface area contributed by atoms with Crippen LogP contribution >= 0.6 is 0 Å². The van der Waals surface area contributed by atoms with Crippen LogP contribution in [0.4, 0.5) is 13.2 Å². The topological polar surface area (TPSA) is 114 Å². The Balaban J connectivity index is 1.57. The lowest BCUT2D eigenvalue weighted by molar-refractivity contribution is -0.274. The van der Waals surface area contributed by atoms with E-state index in [4.69, 9.17) is 9.78 Å². The van der Waals surface area contributed by atoms with Crippen LogP contribution in [0.1, 0.15) is 40.0 Å². The van der Waals surface area contributed by atoms with Crippen molar-refractivity contribution in [2.24, 2.45) is 11.8 Å². The van der Waals surface area contributed by atoms with Crippen LogP contribution in [0.2, 0.25) is 0 Å². The summed E-state index contributed by atoms with van der Waals surface area (Å²) in [6.07, 6.45) is -1.54. The molecule has 0 saturated carbocycles. The largest absolute Gasteiger partial charge is 0.491 e. The molecule has 2 aliphatic carbocycles. The third-order valence-electron chi connectivity index (χ3n) is 6.66. The summed E-state index contributed by atoms with van der Waals surface area (Å²) in [4.78, 5) is 60.8. The Morgan fingerprint density at radius 1 is 1.05 bits per heavy atom. The smallest absolute Gasteiger partial charge is 0.418 e. The first-order valence-corrected chi connectivity index (χ1v) is 11.7. The number of fused-ring (bicyclic) bond motifs is 3. The van der Waals surface area contributed by atoms with Crippen molar-refractivity contribution in [2.45, 2.75) is 31.5 Å². The van der Waals surface area contributed by atoms with E-state index in [0.29, 0.717) is 25.8 Å². The molecule has 2 aliphatic heterocycles. The molecule has 0 radical (unpaired) electrons. The molecule has 0 bridgehead atoms. The summed E-state index contributed by atoms with van der Waals surface area (Å²) < 4.78 is 43.9. The molecule has 10 nitrogen and oxygen atoms in total. The van der Waals surface area contributed by atoms with Gasteiger partial charge in [0.05, 0.1) is 24.1 Å². The lowest BCUT2D eigenvalue weighted by Crippen LogP contribution is -2.57. The number of rotatable bonds is 3. The van der Waals surface area contributed by atoms with Gasteiger partial charge in [0.2, 0.25) is 0 Å². The molecule has 5 rings (SSSR count). The first-order valence-electron chi connectivity index (χ1n) is 11.7. The third kappa shape index (κ3) is 4.65. The van der Waals surface area contributed by atoms with Crippen molar-refractivity contribution >= 4 is 23.5 Å². The summed E-state index contributed by atoms with van der Waals surface area (Å²) in [5, 5.41) is 3.11. The fraction of sp³-hybridized carbons (Fsp3) is 0.417. The molecule has 2 heterocycles. The molecule has 4 aliphatic rings. The number of nitrogens with one attached hydrogen (secondary N) is 1. The van der Waals surface area contributed by atoms with Crippen LogP contribution in [0.25, 0.3) is 0 Å². The second-order valence-corrected chi connectivity index (χ2v) is 8.94. The van der Waals surface area contributed by atoms with Crippen molar-refractivity contribution in [3.05, 3.63) is 59.0 Å². The van der Waals surface area contributed by atoms with E-state index in [1.54, 1.807) is 17.1 Å². The van der Waals surface area contributed by atoms with Crippen molar-refractivity contribution in [2.75, 3.05) is 19.7 Å². The number of halogens is 3. The van der Waals surface area contributed by atoms with Crippen LogP contribution in [-0.2, 0) is 24.1 Å². The number of hydrogen-bond acceptors (Lipinski definition) is 10. The van der Waals surface area contributed by atoms with Crippen molar-refractivity contribution in [3.8, 4) is 0 Å². The van der Waals surface area contributed by atoms with Gasteiger partial charge in [-0.05, 0) is 25.3 Å². The number of benzene rings is 1. The predicted molar refractivity (Wildman–Crippen MR) is 117 cm³/mol. The van der Waals surface area contributed by atoms with E-state index < -0.39 is 53.3 Å². The van der Waals surface area contributed by atoms with Crippen LogP contribution in [-0.4, -0.2) is 65.5 Å². The second-order valence-electron chi connectivity index (χ2n) is 8.94. The molecule has 13 heteroatoms. The maximum Gasteiger partial charge on any atom is 0.491 e. The molecule has 3 atom stereocenters. The molecule has 0 spiro atoms. The highest BCUT2D eigenvalue weighted by Crippen LogP contribution is 2.40. The van der Waals surface area contributed by atoms with E-state index in [9.17, 15) is 32.3 Å². The highest BCUT2D eigenvalue weighted by Gasteiger charge is 2.48. The number of carbonyl (C=O) groups is 4. The quantitative estimate of drug-likeness (QED) is 0.469. The van der Waals surface area contributed by atoms with Crippen molar-refractivity contribution in [1.29, 1.82) is 0 Å². The molecule has 1 aromatic rings. The Kier molecular flexibility index (Phi) is 6.60. The summed E-state index contributed by atoms with van der Waals surface area (Å²) in [6, 6.07) is 5.42. The SMILES string of the molecule is O=C1c2ccccc2C(=O)C2C(NN3CCCOOC(=O)[C@H]4CCCN43)=C(OC(=O)C(F)(F)F)C=CC12. The minimum atomic E-state index is -5.29. The van der Waals surface area contributed by atoms with Gasteiger partial charge >= 0.3 is 18.1 Å². The zero-order chi connectivity index (χ0) is 26.3. The van der Waals surface area contributed by atoms with E-state index >= 15 is 0 Å². The summed E-state index contributed by atoms with van der Waals surface area (Å²) >= 11 is 0. The van der Waals surface area contributed by atoms with Gasteiger partial charge in [0.25, 0.3) is 0 Å². The van der Waals surface area contributed by atoms with Crippen molar-refractivity contribution in [1.82, 2.24) is 15.6 Å². The van der Waals surface area contributed by atoms with Crippen LogP contribution in [0, 0.1) is 11.8 Å². The monoisotopic (exact) mass is 521 g/mol. The zero-order valence-corrected chi connectivity index (χ0v) is 19.3. The van der Waals surface area contributed by atoms with Crippen LogP contribution in [0.15, 0.2) is 47.9 Å². The van der Waals surface area contributed by atoms with E-state index in [1.807, 2.05) is 0 Å². The van der Waals surface area contributed by atoms with Gasteiger partial charge in [0, 0.05) is 24.2 Å². The fourth-order valence-electron chi connectivity index (χ4n) is 4.99. The van der Waals surface area contributed by atoms with Gasteiger partial charge in [-0.25, -0.2) is 14.6 Å². The number of allylic oxidation sites excluding steroid dienone is 3. The van der Waals surface area contributed by atoms with Gasteiger partial charge in [-0.1, -0.05) is 30.3 Å². The van der Waals surface area contributed by atoms with Gasteiger partial charge in [0.15, 0.2) is 17.3 Å². The van der Waals surface area contributed by atoms with Gasteiger partial charge < -0.3 is 10.2 Å². The molecule has 0 aromatic heterocycles. The first kappa shape index (κ1) is 25.1. The van der Waals surface area contributed by atoms with Crippen LogP contribution < -0.4 is 5.43 Å². The highest BCUT2D eigenvalue weighted by atomic mass is 19.4. The molecule has 2 unspecified atom stereocenters. The van der Waals surface area contributed by atoms with Gasteiger partial charge in [0.1, 0.15) is 6.04 Å². The minimum Gasteiger partial charge on any atom is -0.418 e. The maximum absolute atomic E-state index is 13.6. The van der Waals surface area contributed by atoms with Crippen LogP contribution in [0.3, 0.4) is 0 Å². The third-order valence-corrected chi connectivity index (χ3v) is 6.66. The zero-order valence-electron chi connectivity index (χ0n) is 19.3. The molecule has 1 N–H and O–H groups in total. The summed E-state index contributed by atoms with van der Waals surface area (Å²) in [5.74, 6) is -6.86. The molecule has 196 valence electrons. The number of hydrazine groups is 2. The lowest BCUT2D eigenvalue weighted by Gasteiger charge is -2.40. The number of carbonyl (C=O) groups excluding carboxylic acids is 4. The average Bonchev–Trinajstić information content (AvgIpc) is 3.37. The molecular formula is C24H22F3N3O7. The van der Waals surface area contributed by atoms with E-state index in [0.717, 1.165) is 6.08 Å². The minimum absolute atomic E-state index is 0.0518. The molecule has 2 fully saturated rings. The van der Waals surface area contributed by atoms with E-state index in [-0.39, 0.29) is 30.0 Å². The number of Topliss-reactive ketones (excluding diaryl/α,β-unsaturated/α-hetero) is 2. The highest BCUT2D eigenvalue weighted by molar-refractivity contribution is 6.17. The number of hydrogen-bond donors (Lipinski definition) is 1. The average molecular weight is 521 g/mol. The Bertz CT molecular complexity index is 1210. The molecular weight excluding hydrogens is 499 g/mol. The predicted octanol–water partition coefficient (Wildman–Crippen LogP) is 2.25. The fourth-order valence-corrected chi connectivity index (χ4v) is 4.99. The number of ether oxygens (including phenoxy) is 1. The second kappa shape index (κ2) is 9.72. The van der Waals surface area contributed by atoms with Gasteiger partial charge in [-0.3, -0.25) is 14.5 Å². The Morgan fingerprint density at radius 3 is 2.51 bits per heavy atom. The van der Waals surface area contributed by atoms with Gasteiger partial charge in [-0.2, -0.15) is 23.2 Å². The van der Waals surface area contributed by atoms with E-state index in [1.165, 1.54) is 23.3 Å². The molecule has 2 saturated heterocycles. The summed E-state index contributed by atoms with van der Waals surface area (Å²) in [5.41, 5.74) is 3.08. The standard InChI is InChI=1S/C24H22F3N3O7/c25-24(26,27)23(34)36-17-9-8-15-18(21(32)14-6-2-1-5-13(14)20(15)31)19(17)28-30-11-4-12-35-37-22(33)16-7-3-10-29(16)30/h1-2,5-6,8-9,15-16,18,28H,3-4,7,10-12H2/t15?,16-,18?/m1/s1. The number of ketones is 2. The lowest BCUT2D eigenvalue weighted by atomic mass is 9.70. The number of esters is 1. The number of alkyl halides is 3. The molecule has 37 heavy (non-hydrogen) atoms. The van der Waals surface area contributed by atoms with Crippen molar-refractivity contribution in [3.63, 3.8) is 0 Å². The normalized spacial score (nSPS) is 26.9. The summed E-state index contributed by atoms with van der Waals surface area (Å²) in [7, 11) is 0. The Labute approximate surface area is 208 Å². The van der Waals surface area contributed by atoms with Crippen LogP contribution in [0.5, 0.6) is 0 Å². The molecule has 1 aromatic carbocycles. The number of nitrogens with zero attached hydrogens (tertiary/aromatic N) is 2. The Morgan fingerprint density at radius 2 is 1.78 bits per heavy atom. The Hall–Kier alpha value is -3.55. The van der Waals surface area contributed by atoms with Gasteiger partial charge in [-0.15, -0.1) is 0 Å².